The number of hydrogen-bond acceptors (Lipinski definition) is 8. The first kappa shape index (κ1) is 23.1. The smallest absolute Gasteiger partial charge is 0.227 e. The van der Waals surface area contributed by atoms with E-state index >= 15 is 0 Å². The average Bonchev–Trinajstić information content (AvgIpc) is 2.87. The van der Waals surface area contributed by atoms with Crippen molar-refractivity contribution in [2.24, 2.45) is 0 Å². The van der Waals surface area contributed by atoms with Crippen LogP contribution >= 0.6 is 0 Å². The van der Waals surface area contributed by atoms with E-state index in [1.807, 2.05) is 36.4 Å². The van der Waals surface area contributed by atoms with Gasteiger partial charge in [-0.1, -0.05) is 0 Å². The molecule has 2 fully saturated rings. The lowest BCUT2D eigenvalue weighted by Gasteiger charge is -2.41. The van der Waals surface area contributed by atoms with Gasteiger partial charge < -0.3 is 19.7 Å². The van der Waals surface area contributed by atoms with Gasteiger partial charge in [0.25, 0.3) is 0 Å². The number of hydrogen-bond donors (Lipinski definition) is 1. The van der Waals surface area contributed by atoms with Crippen LogP contribution < -0.4 is 15.0 Å². The second-order valence-corrected chi connectivity index (χ2v) is 9.15. The van der Waals surface area contributed by atoms with E-state index in [-0.39, 0.29) is 6.10 Å². The summed E-state index contributed by atoms with van der Waals surface area (Å²) in [6, 6.07) is 18.5. The quantitative estimate of drug-likeness (QED) is 0.553. The molecule has 0 aliphatic carbocycles. The number of nitrogens with zero attached hydrogens (tertiary/aromatic N) is 5. The number of benzene rings is 2. The molecule has 3 heterocycles. The molecular formula is C27H30N6O2. The maximum atomic E-state index is 9.70. The molecule has 2 saturated heterocycles. The minimum absolute atomic E-state index is 0.125. The van der Waals surface area contributed by atoms with Gasteiger partial charge in [0.05, 0.1) is 24.5 Å². The van der Waals surface area contributed by atoms with Crippen molar-refractivity contribution in [3.05, 3.63) is 60.3 Å². The molecule has 1 aromatic heterocycles. The van der Waals surface area contributed by atoms with Gasteiger partial charge in [-0.05, 0) is 62.4 Å². The van der Waals surface area contributed by atoms with Crippen LogP contribution in [0.2, 0.25) is 0 Å². The summed E-state index contributed by atoms with van der Waals surface area (Å²) in [4.78, 5) is 13.7. The standard InChI is InChI=1S/C27H30N6O2/c1-19(2)33-17-24(18-33)35-26-8-3-20(15-21(26)16-28)25-9-10-29-27(31-25)30-22-4-6-23(7-5-22)32-11-13-34-14-12-32/h3-10,15,19,24H,11-14,17-18H2,1-2H3,(H,29,30,31). The summed E-state index contributed by atoms with van der Waals surface area (Å²) >= 11 is 0. The first-order valence-corrected chi connectivity index (χ1v) is 12.1. The zero-order valence-corrected chi connectivity index (χ0v) is 20.1. The predicted molar refractivity (Wildman–Crippen MR) is 136 cm³/mol. The van der Waals surface area contributed by atoms with Crippen molar-refractivity contribution in [2.75, 3.05) is 49.6 Å². The van der Waals surface area contributed by atoms with Crippen molar-refractivity contribution < 1.29 is 9.47 Å². The van der Waals surface area contributed by atoms with Gasteiger partial charge in [0.15, 0.2) is 0 Å². The zero-order chi connectivity index (χ0) is 24.2. The second kappa shape index (κ2) is 10.3. The third kappa shape index (κ3) is 5.37. The summed E-state index contributed by atoms with van der Waals surface area (Å²) in [5.41, 5.74) is 4.19. The second-order valence-electron chi connectivity index (χ2n) is 9.15. The number of rotatable bonds is 7. The molecule has 0 spiro atoms. The van der Waals surface area contributed by atoms with Crippen molar-refractivity contribution in [1.82, 2.24) is 14.9 Å². The summed E-state index contributed by atoms with van der Waals surface area (Å²) in [7, 11) is 0. The maximum Gasteiger partial charge on any atom is 0.227 e. The van der Waals surface area contributed by atoms with Gasteiger partial charge in [-0.15, -0.1) is 0 Å². The van der Waals surface area contributed by atoms with Gasteiger partial charge in [-0.2, -0.15) is 5.26 Å². The normalized spacial score (nSPS) is 16.6. The number of nitriles is 1. The molecule has 1 N–H and O–H groups in total. The van der Waals surface area contributed by atoms with E-state index in [1.165, 1.54) is 5.69 Å². The molecule has 0 atom stereocenters. The van der Waals surface area contributed by atoms with Crippen LogP contribution in [-0.4, -0.2) is 66.4 Å². The molecule has 8 nitrogen and oxygen atoms in total. The molecule has 180 valence electrons. The van der Waals surface area contributed by atoms with Crippen LogP contribution in [0, 0.1) is 11.3 Å². The Balaban J connectivity index is 1.26. The number of aromatic nitrogens is 2. The van der Waals surface area contributed by atoms with Gasteiger partial charge in [0, 0.05) is 55.4 Å². The highest BCUT2D eigenvalue weighted by Gasteiger charge is 2.30. The topological polar surface area (TPSA) is 86.5 Å². The monoisotopic (exact) mass is 470 g/mol. The van der Waals surface area contributed by atoms with Crippen LogP contribution in [0.5, 0.6) is 5.75 Å². The lowest BCUT2D eigenvalue weighted by molar-refractivity contribution is 0.00000948. The summed E-state index contributed by atoms with van der Waals surface area (Å²) in [6.07, 6.45) is 1.85. The molecule has 0 bridgehead atoms. The fraction of sp³-hybridized carbons (Fsp3) is 0.370. The Kier molecular flexibility index (Phi) is 6.80. The Hall–Kier alpha value is -3.67. The van der Waals surface area contributed by atoms with Crippen LogP contribution in [0.3, 0.4) is 0 Å². The van der Waals surface area contributed by atoms with E-state index in [9.17, 15) is 5.26 Å². The summed E-state index contributed by atoms with van der Waals surface area (Å²) in [5, 5.41) is 13.0. The first-order chi connectivity index (χ1) is 17.1. The van der Waals surface area contributed by atoms with Gasteiger partial charge in [0.2, 0.25) is 5.95 Å². The molecule has 0 radical (unpaired) electrons. The molecule has 3 aromatic rings. The van der Waals surface area contributed by atoms with Crippen molar-refractivity contribution >= 4 is 17.3 Å². The number of nitrogens with one attached hydrogen (secondary N) is 1. The molecule has 0 amide bonds. The van der Waals surface area contributed by atoms with E-state index < -0.39 is 0 Å². The van der Waals surface area contributed by atoms with Gasteiger partial charge >= 0.3 is 0 Å². The highest BCUT2D eigenvalue weighted by Crippen LogP contribution is 2.29. The fourth-order valence-electron chi connectivity index (χ4n) is 4.31. The Morgan fingerprint density at radius 3 is 2.57 bits per heavy atom. The van der Waals surface area contributed by atoms with E-state index in [4.69, 9.17) is 9.47 Å². The minimum Gasteiger partial charge on any atom is -0.486 e. The lowest BCUT2D eigenvalue weighted by Crippen LogP contribution is -2.56. The molecule has 8 heteroatoms. The number of ether oxygens (including phenoxy) is 2. The zero-order valence-electron chi connectivity index (χ0n) is 20.1. The average molecular weight is 471 g/mol. The maximum absolute atomic E-state index is 9.70. The Labute approximate surface area is 206 Å². The summed E-state index contributed by atoms with van der Waals surface area (Å²) < 4.78 is 11.5. The van der Waals surface area contributed by atoms with Crippen LogP contribution in [0.25, 0.3) is 11.3 Å². The van der Waals surface area contributed by atoms with Gasteiger partial charge in [-0.25, -0.2) is 9.97 Å². The van der Waals surface area contributed by atoms with Crippen molar-refractivity contribution in [3.63, 3.8) is 0 Å². The van der Waals surface area contributed by atoms with Gasteiger partial charge in [0.1, 0.15) is 17.9 Å². The van der Waals surface area contributed by atoms with Crippen LogP contribution in [-0.2, 0) is 4.74 Å². The molecule has 0 saturated carbocycles. The molecule has 0 unspecified atom stereocenters. The highest BCUT2D eigenvalue weighted by atomic mass is 16.5. The van der Waals surface area contributed by atoms with E-state index in [2.05, 4.69) is 57.1 Å². The van der Waals surface area contributed by atoms with Crippen LogP contribution in [0.4, 0.5) is 17.3 Å². The molecule has 35 heavy (non-hydrogen) atoms. The SMILES string of the molecule is CC(C)N1CC(Oc2ccc(-c3ccnc(Nc4ccc(N5CCOCC5)cc4)n3)cc2C#N)C1. The predicted octanol–water partition coefficient (Wildman–Crippen LogP) is 4.07. The van der Waals surface area contributed by atoms with Crippen LogP contribution in [0.15, 0.2) is 54.7 Å². The molecule has 2 aliphatic heterocycles. The molecule has 2 aliphatic rings. The fourth-order valence-corrected chi connectivity index (χ4v) is 4.31. The Bertz CT molecular complexity index is 1200. The van der Waals surface area contributed by atoms with Crippen molar-refractivity contribution in [1.29, 1.82) is 5.26 Å². The minimum atomic E-state index is 0.125. The lowest BCUT2D eigenvalue weighted by atomic mass is 10.1. The largest absolute Gasteiger partial charge is 0.486 e. The molecular weight excluding hydrogens is 440 g/mol. The van der Waals surface area contributed by atoms with E-state index in [1.54, 1.807) is 6.20 Å². The van der Waals surface area contributed by atoms with Crippen molar-refractivity contribution in [2.45, 2.75) is 26.0 Å². The van der Waals surface area contributed by atoms with Crippen molar-refractivity contribution in [3.8, 4) is 23.1 Å². The summed E-state index contributed by atoms with van der Waals surface area (Å²) in [6.45, 7) is 9.47. The van der Waals surface area contributed by atoms with E-state index in [0.717, 1.165) is 56.3 Å². The molecule has 5 rings (SSSR count). The van der Waals surface area contributed by atoms with Crippen LogP contribution in [0.1, 0.15) is 19.4 Å². The Morgan fingerprint density at radius 2 is 1.86 bits per heavy atom. The summed E-state index contributed by atoms with van der Waals surface area (Å²) in [5.74, 6) is 1.13. The Morgan fingerprint density at radius 1 is 1.09 bits per heavy atom. The van der Waals surface area contributed by atoms with E-state index in [0.29, 0.717) is 23.3 Å². The third-order valence-electron chi connectivity index (χ3n) is 6.45. The third-order valence-corrected chi connectivity index (χ3v) is 6.45. The molecule has 2 aromatic carbocycles. The number of anilines is 3. The number of likely N-dealkylation sites (tertiary alicyclic amines) is 1. The van der Waals surface area contributed by atoms with Gasteiger partial charge in [-0.3, -0.25) is 4.90 Å². The number of morpholine rings is 1. The highest BCUT2D eigenvalue weighted by molar-refractivity contribution is 5.66. The first-order valence-electron chi connectivity index (χ1n) is 12.1.